The van der Waals surface area contributed by atoms with Crippen molar-refractivity contribution < 1.29 is 33.2 Å². The number of anilines is 6. The van der Waals surface area contributed by atoms with E-state index >= 15 is 0 Å². The van der Waals surface area contributed by atoms with Gasteiger partial charge in [0.1, 0.15) is 74.1 Å². The molecule has 0 heterocycles. The van der Waals surface area contributed by atoms with E-state index in [4.69, 9.17) is 67.6 Å². The lowest BCUT2D eigenvalue weighted by Crippen LogP contribution is -2.48. The van der Waals surface area contributed by atoms with Crippen molar-refractivity contribution in [2.75, 3.05) is 87.3 Å². The molecule has 0 saturated carbocycles. The van der Waals surface area contributed by atoms with Gasteiger partial charge in [-0.15, -0.1) is 0 Å². The minimum absolute atomic E-state index is 0.110. The minimum Gasteiger partial charge on any atom is -0.493 e. The molecule has 0 amide bonds. The Kier molecular flexibility index (Phi) is 14.0. The van der Waals surface area contributed by atoms with Gasteiger partial charge >= 0.3 is 0 Å². The van der Waals surface area contributed by atoms with Crippen LogP contribution >= 0.6 is 0 Å². The molecule has 0 aliphatic carbocycles. The molecule has 0 aliphatic heterocycles. The zero-order chi connectivity index (χ0) is 41.5. The van der Waals surface area contributed by atoms with Crippen LogP contribution in [0.25, 0.3) is 0 Å². The molecule has 6 aromatic carbocycles. The van der Waals surface area contributed by atoms with Crippen molar-refractivity contribution in [2.24, 2.45) is 10.8 Å². The largest absolute Gasteiger partial charge is 0.493 e. The van der Waals surface area contributed by atoms with E-state index in [0.717, 1.165) is 0 Å². The first-order valence-corrected chi connectivity index (χ1v) is 19.0. The van der Waals surface area contributed by atoms with Crippen LogP contribution in [0.15, 0.2) is 146 Å². The van der Waals surface area contributed by atoms with Crippen molar-refractivity contribution in [3.8, 4) is 34.5 Å². The molecule has 0 unspecified atom stereocenters. The van der Waals surface area contributed by atoms with Gasteiger partial charge in [-0.3, -0.25) is 0 Å². The molecule has 0 spiro atoms. The van der Waals surface area contributed by atoms with E-state index < -0.39 is 10.8 Å². The fourth-order valence-electron chi connectivity index (χ4n) is 5.79. The van der Waals surface area contributed by atoms with Crippen molar-refractivity contribution in [3.05, 3.63) is 146 Å². The number of benzene rings is 6. The molecule has 0 radical (unpaired) electrons. The molecule has 0 fully saturated rings. The number of nitrogens with two attached hydrogens (primary N) is 6. The number of ether oxygens (including phenoxy) is 7. The standard InChI is InChI=1S/C46H52N6O7/c47-33-1-13-39(14-2-33)54-27-45(28-55-40-15-3-34(48)4-16-40,29-56-41-17-5-35(49)6-18-41)25-53-26-46(30-57-42-19-7-36(50)8-20-42,31-58-43-21-9-37(51)10-22-43)32-59-44-23-11-38(52)12-24-44/h1-24H,25-32,47-52H2. The second kappa shape index (κ2) is 19.8. The molecule has 0 bridgehead atoms. The third kappa shape index (κ3) is 13.0. The van der Waals surface area contributed by atoms with Gasteiger partial charge in [-0.25, -0.2) is 0 Å². The molecule has 0 aliphatic rings. The Hall–Kier alpha value is -7.12. The Morgan fingerprint density at radius 3 is 0.542 bits per heavy atom. The van der Waals surface area contributed by atoms with Crippen molar-refractivity contribution in [1.29, 1.82) is 0 Å². The Balaban J connectivity index is 1.32. The fourth-order valence-corrected chi connectivity index (χ4v) is 5.79. The lowest BCUT2D eigenvalue weighted by molar-refractivity contribution is -0.0870. The normalized spacial score (nSPS) is 11.4. The van der Waals surface area contributed by atoms with Crippen LogP contribution < -0.4 is 62.8 Å². The predicted molar refractivity (Wildman–Crippen MR) is 234 cm³/mol. The summed E-state index contributed by atoms with van der Waals surface area (Å²) in [6.07, 6.45) is 0. The maximum atomic E-state index is 6.81. The first-order chi connectivity index (χ1) is 28.5. The van der Waals surface area contributed by atoms with Crippen molar-refractivity contribution >= 4 is 34.1 Å². The number of nitrogen functional groups attached to an aromatic ring is 6. The van der Waals surface area contributed by atoms with Gasteiger partial charge in [0.05, 0.1) is 24.0 Å². The molecular formula is C46H52N6O7. The molecule has 0 aromatic heterocycles. The van der Waals surface area contributed by atoms with Gasteiger partial charge in [-0.2, -0.15) is 0 Å². The van der Waals surface area contributed by atoms with E-state index in [-0.39, 0.29) is 52.9 Å². The summed E-state index contributed by atoms with van der Waals surface area (Å²) in [6, 6.07) is 43.1. The lowest BCUT2D eigenvalue weighted by Gasteiger charge is -2.36. The van der Waals surface area contributed by atoms with Crippen LogP contribution in [0.1, 0.15) is 0 Å². The molecule has 6 rings (SSSR count). The predicted octanol–water partition coefficient (Wildman–Crippen LogP) is 6.94. The summed E-state index contributed by atoms with van der Waals surface area (Å²) in [6.45, 7) is 1.05. The fraction of sp³-hybridized carbons (Fsp3) is 0.217. The van der Waals surface area contributed by atoms with Gasteiger partial charge in [-0.1, -0.05) is 0 Å². The molecular weight excluding hydrogens is 749 g/mol. The Labute approximate surface area is 344 Å². The highest BCUT2D eigenvalue weighted by atomic mass is 16.5. The second-order valence-corrected chi connectivity index (χ2v) is 14.6. The summed E-state index contributed by atoms with van der Waals surface area (Å²) in [7, 11) is 0. The highest BCUT2D eigenvalue weighted by Crippen LogP contribution is 2.30. The van der Waals surface area contributed by atoms with Crippen LogP contribution in [0.5, 0.6) is 34.5 Å². The zero-order valence-corrected chi connectivity index (χ0v) is 32.8. The van der Waals surface area contributed by atoms with E-state index in [1.807, 2.05) is 72.8 Å². The van der Waals surface area contributed by atoms with Gasteiger partial charge in [0.15, 0.2) is 0 Å². The first-order valence-electron chi connectivity index (χ1n) is 19.0. The summed E-state index contributed by atoms with van der Waals surface area (Å²) < 4.78 is 45.4. The molecule has 0 atom stereocenters. The van der Waals surface area contributed by atoms with Gasteiger partial charge in [0.25, 0.3) is 0 Å². The highest BCUT2D eigenvalue weighted by molar-refractivity contribution is 5.45. The topological polar surface area (TPSA) is 221 Å². The van der Waals surface area contributed by atoms with Gasteiger partial charge in [0.2, 0.25) is 0 Å². The molecule has 13 nitrogen and oxygen atoms in total. The first kappa shape index (κ1) is 41.5. The Morgan fingerprint density at radius 1 is 0.237 bits per heavy atom. The summed E-state index contributed by atoms with van der Waals surface area (Å²) in [5.41, 5.74) is 37.8. The van der Waals surface area contributed by atoms with E-state index in [1.165, 1.54) is 0 Å². The van der Waals surface area contributed by atoms with Crippen LogP contribution in [0, 0.1) is 10.8 Å². The molecule has 308 valence electrons. The maximum Gasteiger partial charge on any atom is 0.119 e. The van der Waals surface area contributed by atoms with Crippen LogP contribution in [0.3, 0.4) is 0 Å². The Bertz CT molecular complexity index is 1760. The monoisotopic (exact) mass is 800 g/mol. The van der Waals surface area contributed by atoms with E-state index in [9.17, 15) is 0 Å². The molecule has 59 heavy (non-hydrogen) atoms. The summed E-state index contributed by atoms with van der Waals surface area (Å²) in [5.74, 6) is 3.69. The van der Waals surface area contributed by atoms with Crippen molar-refractivity contribution in [2.45, 2.75) is 0 Å². The van der Waals surface area contributed by atoms with Crippen molar-refractivity contribution in [3.63, 3.8) is 0 Å². The lowest BCUT2D eigenvalue weighted by atomic mass is 9.90. The Morgan fingerprint density at radius 2 is 0.390 bits per heavy atom. The minimum atomic E-state index is -0.899. The zero-order valence-electron chi connectivity index (χ0n) is 32.8. The molecule has 6 aromatic rings. The summed E-state index contributed by atoms with van der Waals surface area (Å²) in [4.78, 5) is 0. The summed E-state index contributed by atoms with van der Waals surface area (Å²) in [5, 5.41) is 0. The average Bonchev–Trinajstić information content (AvgIpc) is 3.25. The maximum absolute atomic E-state index is 6.81. The number of rotatable bonds is 22. The van der Waals surface area contributed by atoms with Crippen LogP contribution in [-0.2, 0) is 4.74 Å². The van der Waals surface area contributed by atoms with Crippen molar-refractivity contribution in [1.82, 2.24) is 0 Å². The molecule has 13 heteroatoms. The van der Waals surface area contributed by atoms with Gasteiger partial charge in [0, 0.05) is 34.1 Å². The SMILES string of the molecule is Nc1ccc(OCC(COCC(COc2ccc(N)cc2)(COc2ccc(N)cc2)COc2ccc(N)cc2)(COc2ccc(N)cc2)COc2ccc(N)cc2)cc1. The number of hydrogen-bond acceptors (Lipinski definition) is 13. The molecule has 0 saturated heterocycles. The number of hydrogen-bond donors (Lipinski definition) is 6. The van der Waals surface area contributed by atoms with Crippen LogP contribution in [0.4, 0.5) is 34.1 Å². The third-order valence-corrected chi connectivity index (χ3v) is 9.37. The van der Waals surface area contributed by atoms with Crippen LogP contribution in [-0.4, -0.2) is 52.9 Å². The van der Waals surface area contributed by atoms with Crippen LogP contribution in [0.2, 0.25) is 0 Å². The molecule has 12 N–H and O–H groups in total. The van der Waals surface area contributed by atoms with Gasteiger partial charge in [-0.05, 0) is 146 Å². The van der Waals surface area contributed by atoms with Gasteiger partial charge < -0.3 is 67.6 Å². The summed E-state index contributed by atoms with van der Waals surface area (Å²) >= 11 is 0. The quantitative estimate of drug-likeness (QED) is 0.0384. The van der Waals surface area contributed by atoms with E-state index in [2.05, 4.69) is 0 Å². The van der Waals surface area contributed by atoms with E-state index in [0.29, 0.717) is 68.6 Å². The van der Waals surface area contributed by atoms with E-state index in [1.54, 1.807) is 72.8 Å². The highest BCUT2D eigenvalue weighted by Gasteiger charge is 2.39. The third-order valence-electron chi connectivity index (χ3n) is 9.37. The smallest absolute Gasteiger partial charge is 0.119 e. The average molecular weight is 801 g/mol. The second-order valence-electron chi connectivity index (χ2n) is 14.6.